The fourth-order valence-electron chi connectivity index (χ4n) is 1.58. The fourth-order valence-corrected chi connectivity index (χ4v) is 2.22. The van der Waals surface area contributed by atoms with Crippen LogP contribution in [0.3, 0.4) is 0 Å². The molecule has 16 heavy (non-hydrogen) atoms. The second-order valence-electron chi connectivity index (χ2n) is 3.66. The first-order valence-electron chi connectivity index (χ1n) is 5.37. The number of allylic oxidation sites excluding steroid dienone is 2. The number of unbranched alkanes of at least 4 members (excludes halogenated alkanes) is 1. The van der Waals surface area contributed by atoms with Gasteiger partial charge in [-0.2, -0.15) is 0 Å². The van der Waals surface area contributed by atoms with Gasteiger partial charge in [0.15, 0.2) is 0 Å². The average molecular weight is 257 g/mol. The number of rotatable bonds is 4. The van der Waals surface area contributed by atoms with E-state index in [0.29, 0.717) is 9.79 Å². The Morgan fingerprint density at radius 1 is 1.62 bits per heavy atom. The average Bonchev–Trinajstić information content (AvgIpc) is 2.24. The van der Waals surface area contributed by atoms with E-state index in [2.05, 4.69) is 30.2 Å². The van der Waals surface area contributed by atoms with E-state index in [1.165, 1.54) is 5.57 Å². The van der Waals surface area contributed by atoms with Crippen LogP contribution in [0.5, 0.6) is 0 Å². The van der Waals surface area contributed by atoms with Gasteiger partial charge < -0.3 is 10.3 Å². The third-order valence-electron chi connectivity index (χ3n) is 2.40. The lowest BCUT2D eigenvalue weighted by Gasteiger charge is -2.10. The Hall–Kier alpha value is -0.800. The SMILES string of the molecule is CCC/C=C(/C)c1c(NC)cc(Cl)[nH]c1=S. The van der Waals surface area contributed by atoms with Crippen LogP contribution in [0.15, 0.2) is 12.1 Å². The molecule has 0 unspecified atom stereocenters. The van der Waals surface area contributed by atoms with Gasteiger partial charge in [-0.3, -0.25) is 0 Å². The molecule has 0 aliphatic rings. The number of H-pyrrole nitrogens is 1. The number of aromatic nitrogens is 1. The molecule has 0 amide bonds. The molecule has 2 nitrogen and oxygen atoms in total. The van der Waals surface area contributed by atoms with Crippen molar-refractivity contribution < 1.29 is 0 Å². The number of aromatic amines is 1. The summed E-state index contributed by atoms with van der Waals surface area (Å²) in [5.74, 6) is 0. The van der Waals surface area contributed by atoms with E-state index in [4.69, 9.17) is 23.8 Å². The molecule has 0 atom stereocenters. The topological polar surface area (TPSA) is 27.8 Å². The van der Waals surface area contributed by atoms with Crippen molar-refractivity contribution in [3.8, 4) is 0 Å². The molecule has 1 heterocycles. The zero-order valence-corrected chi connectivity index (χ0v) is 11.4. The molecule has 0 fully saturated rings. The van der Waals surface area contributed by atoms with Gasteiger partial charge in [-0.05, 0) is 25.0 Å². The maximum atomic E-state index is 5.93. The van der Waals surface area contributed by atoms with Crippen molar-refractivity contribution in [3.05, 3.63) is 27.5 Å². The summed E-state index contributed by atoms with van der Waals surface area (Å²) in [5.41, 5.74) is 3.19. The molecule has 0 radical (unpaired) electrons. The van der Waals surface area contributed by atoms with E-state index in [1.54, 1.807) is 0 Å². The number of anilines is 1. The van der Waals surface area contributed by atoms with E-state index in [-0.39, 0.29) is 0 Å². The second-order valence-corrected chi connectivity index (χ2v) is 4.48. The van der Waals surface area contributed by atoms with Crippen molar-refractivity contribution in [2.45, 2.75) is 26.7 Å². The van der Waals surface area contributed by atoms with Gasteiger partial charge in [0.05, 0.1) is 0 Å². The van der Waals surface area contributed by atoms with Crippen LogP contribution in [0.1, 0.15) is 32.3 Å². The van der Waals surface area contributed by atoms with Crippen molar-refractivity contribution in [3.63, 3.8) is 0 Å². The molecule has 1 rings (SSSR count). The highest BCUT2D eigenvalue weighted by Gasteiger charge is 2.06. The lowest BCUT2D eigenvalue weighted by atomic mass is 10.1. The molecule has 2 N–H and O–H groups in total. The van der Waals surface area contributed by atoms with Crippen LogP contribution in [0, 0.1) is 4.64 Å². The molecule has 0 saturated carbocycles. The highest BCUT2D eigenvalue weighted by Crippen LogP contribution is 2.26. The first-order chi connectivity index (χ1) is 7.60. The molecule has 0 aliphatic heterocycles. The standard InChI is InChI=1S/C12H17ClN2S/c1-4-5-6-8(2)11-9(14-3)7-10(13)15-12(11)16/h6-7H,4-5H2,1-3H3,(H2,14,15,16)/b8-6-. The van der Waals surface area contributed by atoms with Crippen LogP contribution in [0.25, 0.3) is 5.57 Å². The third-order valence-corrected chi connectivity index (χ3v) is 2.91. The van der Waals surface area contributed by atoms with Gasteiger partial charge >= 0.3 is 0 Å². The lowest BCUT2D eigenvalue weighted by Crippen LogP contribution is -1.97. The summed E-state index contributed by atoms with van der Waals surface area (Å²) in [5, 5.41) is 3.68. The zero-order chi connectivity index (χ0) is 12.1. The summed E-state index contributed by atoms with van der Waals surface area (Å²) >= 11 is 11.2. The van der Waals surface area contributed by atoms with Gasteiger partial charge in [-0.15, -0.1) is 0 Å². The van der Waals surface area contributed by atoms with Gasteiger partial charge in [-0.25, -0.2) is 0 Å². The molecule has 0 spiro atoms. The monoisotopic (exact) mass is 256 g/mol. The molecule has 88 valence electrons. The van der Waals surface area contributed by atoms with Crippen LogP contribution in [0.2, 0.25) is 5.15 Å². The Bertz CT molecular complexity index is 449. The summed E-state index contributed by atoms with van der Waals surface area (Å²) in [4.78, 5) is 2.97. The molecule has 0 aromatic carbocycles. The van der Waals surface area contributed by atoms with Gasteiger partial charge in [0.2, 0.25) is 0 Å². The minimum atomic E-state index is 0.557. The summed E-state index contributed by atoms with van der Waals surface area (Å²) in [6, 6.07) is 1.86. The fraction of sp³-hybridized carbons (Fsp3) is 0.417. The zero-order valence-electron chi connectivity index (χ0n) is 9.86. The first kappa shape index (κ1) is 13.3. The van der Waals surface area contributed by atoms with Crippen molar-refractivity contribution in [2.24, 2.45) is 0 Å². The maximum absolute atomic E-state index is 5.93. The predicted molar refractivity (Wildman–Crippen MR) is 74.7 cm³/mol. The Morgan fingerprint density at radius 2 is 2.31 bits per heavy atom. The Morgan fingerprint density at radius 3 is 2.88 bits per heavy atom. The van der Waals surface area contributed by atoms with Crippen LogP contribution >= 0.6 is 23.8 Å². The van der Waals surface area contributed by atoms with E-state index in [0.717, 1.165) is 24.1 Å². The van der Waals surface area contributed by atoms with Gasteiger partial charge in [0, 0.05) is 18.3 Å². The largest absolute Gasteiger partial charge is 0.387 e. The summed E-state index contributed by atoms with van der Waals surface area (Å²) in [6.45, 7) is 4.23. The second kappa shape index (κ2) is 6.06. The third kappa shape index (κ3) is 3.09. The quantitative estimate of drug-likeness (QED) is 0.607. The maximum Gasteiger partial charge on any atom is 0.113 e. The number of nitrogens with one attached hydrogen (secondary N) is 2. The molecular formula is C12H17ClN2S. The first-order valence-corrected chi connectivity index (χ1v) is 6.16. The van der Waals surface area contributed by atoms with E-state index in [1.807, 2.05) is 13.1 Å². The Labute approximate surface area is 107 Å². The minimum absolute atomic E-state index is 0.557. The highest BCUT2D eigenvalue weighted by atomic mass is 35.5. The smallest absolute Gasteiger partial charge is 0.113 e. The lowest BCUT2D eigenvalue weighted by molar-refractivity contribution is 0.959. The number of hydrogen-bond donors (Lipinski definition) is 2. The van der Waals surface area contributed by atoms with E-state index >= 15 is 0 Å². The van der Waals surface area contributed by atoms with Crippen LogP contribution in [0.4, 0.5) is 5.69 Å². The molecule has 0 bridgehead atoms. The Balaban J connectivity index is 3.26. The summed E-state index contributed by atoms with van der Waals surface area (Å²) < 4.78 is 0.682. The van der Waals surface area contributed by atoms with Crippen molar-refractivity contribution in [2.75, 3.05) is 12.4 Å². The van der Waals surface area contributed by atoms with Gasteiger partial charge in [0.25, 0.3) is 0 Å². The van der Waals surface area contributed by atoms with E-state index in [9.17, 15) is 0 Å². The van der Waals surface area contributed by atoms with Crippen molar-refractivity contribution in [1.82, 2.24) is 4.98 Å². The number of pyridine rings is 1. The highest BCUT2D eigenvalue weighted by molar-refractivity contribution is 7.71. The van der Waals surface area contributed by atoms with Crippen LogP contribution < -0.4 is 5.32 Å². The number of hydrogen-bond acceptors (Lipinski definition) is 2. The van der Waals surface area contributed by atoms with Crippen molar-refractivity contribution >= 4 is 35.1 Å². The number of halogens is 1. The molecular weight excluding hydrogens is 240 g/mol. The summed E-state index contributed by atoms with van der Waals surface area (Å²) in [6.07, 6.45) is 4.40. The molecule has 4 heteroatoms. The predicted octanol–water partition coefficient (Wildman–Crippen LogP) is 4.64. The van der Waals surface area contributed by atoms with Crippen molar-refractivity contribution in [1.29, 1.82) is 0 Å². The normalized spacial score (nSPS) is 11.6. The van der Waals surface area contributed by atoms with Gasteiger partial charge in [-0.1, -0.05) is 43.2 Å². The minimum Gasteiger partial charge on any atom is -0.387 e. The molecule has 0 aliphatic carbocycles. The van der Waals surface area contributed by atoms with Crippen LogP contribution in [-0.4, -0.2) is 12.0 Å². The van der Waals surface area contributed by atoms with Gasteiger partial charge in [0.1, 0.15) is 9.79 Å². The molecule has 1 aromatic heterocycles. The van der Waals surface area contributed by atoms with Crippen LogP contribution in [-0.2, 0) is 0 Å². The molecule has 0 saturated heterocycles. The van der Waals surface area contributed by atoms with E-state index < -0.39 is 0 Å². The summed E-state index contributed by atoms with van der Waals surface area (Å²) in [7, 11) is 1.87. The molecule has 1 aromatic rings. The Kier molecular flexibility index (Phi) is 5.03.